The smallest absolute Gasteiger partial charge is 0.161 e. The van der Waals surface area contributed by atoms with Crippen LogP contribution < -0.4 is 4.74 Å². The van der Waals surface area contributed by atoms with Crippen molar-refractivity contribution >= 4 is 0 Å². The second-order valence-electron chi connectivity index (χ2n) is 6.57. The topological polar surface area (TPSA) is 29.5 Å². The van der Waals surface area contributed by atoms with Gasteiger partial charge in [-0.05, 0) is 48.1 Å². The van der Waals surface area contributed by atoms with Crippen molar-refractivity contribution in [1.29, 1.82) is 0 Å². The second-order valence-corrected chi connectivity index (χ2v) is 6.57. The Bertz CT molecular complexity index is 448. The SMILES string of the molecule is C[C@@H]1[C@@H]2C[C@@H](C[C@H]2Oc2ccccc2O)C1(C)C. The average molecular weight is 246 g/mol. The normalized spacial score (nSPS) is 36.8. The summed E-state index contributed by atoms with van der Waals surface area (Å²) in [7, 11) is 0. The van der Waals surface area contributed by atoms with E-state index >= 15 is 0 Å². The molecule has 0 aliphatic heterocycles. The van der Waals surface area contributed by atoms with E-state index in [1.54, 1.807) is 6.07 Å². The van der Waals surface area contributed by atoms with Crippen LogP contribution >= 0.6 is 0 Å². The van der Waals surface area contributed by atoms with Crippen molar-refractivity contribution in [3.05, 3.63) is 24.3 Å². The number of aromatic hydroxyl groups is 1. The van der Waals surface area contributed by atoms with E-state index in [1.165, 1.54) is 6.42 Å². The third-order valence-corrected chi connectivity index (χ3v) is 5.56. The van der Waals surface area contributed by atoms with Crippen molar-refractivity contribution in [2.75, 3.05) is 0 Å². The molecule has 98 valence electrons. The lowest BCUT2D eigenvalue weighted by atomic mass is 9.69. The zero-order chi connectivity index (χ0) is 12.9. The second kappa shape index (κ2) is 3.91. The first kappa shape index (κ1) is 11.9. The molecule has 2 heteroatoms. The Morgan fingerprint density at radius 3 is 2.56 bits per heavy atom. The van der Waals surface area contributed by atoms with Crippen molar-refractivity contribution in [3.63, 3.8) is 0 Å². The molecule has 0 heterocycles. The number of fused-ring (bicyclic) bond motifs is 2. The zero-order valence-electron chi connectivity index (χ0n) is 11.4. The van der Waals surface area contributed by atoms with Crippen molar-refractivity contribution in [3.8, 4) is 11.5 Å². The summed E-state index contributed by atoms with van der Waals surface area (Å²) in [5.74, 6) is 3.01. The minimum absolute atomic E-state index is 0.257. The summed E-state index contributed by atoms with van der Waals surface area (Å²) in [5, 5.41) is 9.78. The molecule has 2 fully saturated rings. The van der Waals surface area contributed by atoms with E-state index in [0.29, 0.717) is 23.0 Å². The predicted molar refractivity (Wildman–Crippen MR) is 71.7 cm³/mol. The van der Waals surface area contributed by atoms with Gasteiger partial charge in [0.2, 0.25) is 0 Å². The van der Waals surface area contributed by atoms with Gasteiger partial charge in [-0.3, -0.25) is 0 Å². The Morgan fingerprint density at radius 1 is 1.22 bits per heavy atom. The van der Waals surface area contributed by atoms with Crippen molar-refractivity contribution in [2.45, 2.75) is 39.7 Å². The lowest BCUT2D eigenvalue weighted by Crippen LogP contribution is -2.38. The van der Waals surface area contributed by atoms with Gasteiger partial charge in [-0.15, -0.1) is 0 Å². The molecule has 1 aromatic carbocycles. The predicted octanol–water partition coefficient (Wildman–Crippen LogP) is 3.84. The van der Waals surface area contributed by atoms with Gasteiger partial charge in [-0.25, -0.2) is 0 Å². The number of benzene rings is 1. The zero-order valence-corrected chi connectivity index (χ0v) is 11.4. The Morgan fingerprint density at radius 2 is 1.94 bits per heavy atom. The number of rotatable bonds is 2. The number of ether oxygens (including phenoxy) is 1. The summed E-state index contributed by atoms with van der Waals surface area (Å²) in [4.78, 5) is 0. The molecule has 0 radical (unpaired) electrons. The summed E-state index contributed by atoms with van der Waals surface area (Å²) in [6, 6.07) is 7.29. The molecule has 2 bridgehead atoms. The highest BCUT2D eigenvalue weighted by molar-refractivity contribution is 5.38. The molecule has 1 aromatic rings. The molecule has 18 heavy (non-hydrogen) atoms. The Hall–Kier alpha value is -1.18. The fourth-order valence-electron chi connectivity index (χ4n) is 3.94. The molecule has 0 unspecified atom stereocenters. The van der Waals surface area contributed by atoms with Crippen molar-refractivity contribution in [2.24, 2.45) is 23.2 Å². The van der Waals surface area contributed by atoms with Crippen LogP contribution in [0, 0.1) is 23.2 Å². The van der Waals surface area contributed by atoms with Crippen LogP contribution in [0.1, 0.15) is 33.6 Å². The van der Waals surface area contributed by atoms with E-state index in [-0.39, 0.29) is 11.9 Å². The molecular formula is C16H22O2. The first-order chi connectivity index (χ1) is 8.50. The van der Waals surface area contributed by atoms with E-state index in [0.717, 1.165) is 12.3 Å². The molecule has 0 spiro atoms. The Labute approximate surface area is 109 Å². The first-order valence-corrected chi connectivity index (χ1v) is 6.95. The number of hydrogen-bond donors (Lipinski definition) is 1. The van der Waals surface area contributed by atoms with Gasteiger partial charge in [0.25, 0.3) is 0 Å². The van der Waals surface area contributed by atoms with Gasteiger partial charge in [0.15, 0.2) is 11.5 Å². The summed E-state index contributed by atoms with van der Waals surface area (Å²) in [6.07, 6.45) is 2.70. The molecule has 3 rings (SSSR count). The van der Waals surface area contributed by atoms with E-state index in [1.807, 2.05) is 18.2 Å². The molecular weight excluding hydrogens is 224 g/mol. The van der Waals surface area contributed by atoms with Crippen LogP contribution in [0.25, 0.3) is 0 Å². The molecule has 2 aliphatic carbocycles. The van der Waals surface area contributed by atoms with Crippen LogP contribution in [0.5, 0.6) is 11.5 Å². The van der Waals surface area contributed by atoms with Crippen LogP contribution in [0.15, 0.2) is 24.3 Å². The number of hydrogen-bond acceptors (Lipinski definition) is 2. The van der Waals surface area contributed by atoms with Gasteiger partial charge < -0.3 is 9.84 Å². The molecule has 1 N–H and O–H groups in total. The minimum Gasteiger partial charge on any atom is -0.504 e. The first-order valence-electron chi connectivity index (χ1n) is 6.95. The Balaban J connectivity index is 1.77. The summed E-state index contributed by atoms with van der Waals surface area (Å²) in [6.45, 7) is 7.13. The monoisotopic (exact) mass is 246 g/mol. The number of phenols is 1. The molecule has 2 aliphatic rings. The highest BCUT2D eigenvalue weighted by Gasteiger charge is 2.55. The molecule has 0 aromatic heterocycles. The van der Waals surface area contributed by atoms with E-state index in [2.05, 4.69) is 20.8 Å². The third-order valence-electron chi connectivity index (χ3n) is 5.56. The molecule has 2 saturated carbocycles. The fourth-order valence-corrected chi connectivity index (χ4v) is 3.94. The maximum absolute atomic E-state index is 9.78. The summed E-state index contributed by atoms with van der Waals surface area (Å²) in [5.41, 5.74) is 0.448. The lowest BCUT2D eigenvalue weighted by Gasteiger charge is -2.39. The van der Waals surface area contributed by atoms with Crippen LogP contribution in [-0.4, -0.2) is 11.2 Å². The van der Waals surface area contributed by atoms with E-state index in [4.69, 9.17) is 4.74 Å². The van der Waals surface area contributed by atoms with Crippen LogP contribution in [-0.2, 0) is 0 Å². The molecule has 0 amide bonds. The maximum Gasteiger partial charge on any atom is 0.161 e. The minimum atomic E-state index is 0.257. The lowest BCUT2D eigenvalue weighted by molar-refractivity contribution is 0.0375. The quantitative estimate of drug-likeness (QED) is 0.859. The van der Waals surface area contributed by atoms with Gasteiger partial charge in [-0.2, -0.15) is 0 Å². The van der Waals surface area contributed by atoms with Gasteiger partial charge in [0, 0.05) is 0 Å². The van der Waals surface area contributed by atoms with Gasteiger partial charge in [0.1, 0.15) is 6.10 Å². The molecule has 4 atom stereocenters. The number of phenolic OH excluding ortho intramolecular Hbond substituents is 1. The van der Waals surface area contributed by atoms with Gasteiger partial charge in [-0.1, -0.05) is 32.9 Å². The fraction of sp³-hybridized carbons (Fsp3) is 0.625. The highest BCUT2D eigenvalue weighted by atomic mass is 16.5. The standard InChI is InChI=1S/C16H22O2/c1-10-12-8-11(16(10,2)3)9-15(12)18-14-7-5-4-6-13(14)17/h4-7,10-12,15,17H,8-9H2,1-3H3/t10-,11+,12+,15-/m1/s1. The summed E-state index contributed by atoms with van der Waals surface area (Å²) >= 11 is 0. The third kappa shape index (κ3) is 1.62. The highest BCUT2D eigenvalue weighted by Crippen LogP contribution is 2.59. The maximum atomic E-state index is 9.78. The van der Waals surface area contributed by atoms with Crippen molar-refractivity contribution < 1.29 is 9.84 Å². The van der Waals surface area contributed by atoms with Crippen LogP contribution in [0.2, 0.25) is 0 Å². The van der Waals surface area contributed by atoms with Crippen LogP contribution in [0.4, 0.5) is 0 Å². The van der Waals surface area contributed by atoms with Crippen molar-refractivity contribution in [1.82, 2.24) is 0 Å². The molecule has 2 nitrogen and oxygen atoms in total. The Kier molecular flexibility index (Phi) is 2.58. The summed E-state index contributed by atoms with van der Waals surface area (Å²) < 4.78 is 6.05. The van der Waals surface area contributed by atoms with E-state index in [9.17, 15) is 5.11 Å². The number of para-hydroxylation sites is 2. The van der Waals surface area contributed by atoms with Gasteiger partial charge >= 0.3 is 0 Å². The average Bonchev–Trinajstić information content (AvgIpc) is 2.83. The van der Waals surface area contributed by atoms with E-state index < -0.39 is 0 Å². The largest absolute Gasteiger partial charge is 0.504 e. The van der Waals surface area contributed by atoms with Gasteiger partial charge in [0.05, 0.1) is 0 Å². The molecule has 0 saturated heterocycles. The van der Waals surface area contributed by atoms with Crippen LogP contribution in [0.3, 0.4) is 0 Å².